The minimum atomic E-state index is -4.88. The molecule has 0 saturated heterocycles. The zero-order valence-electron chi connectivity index (χ0n) is 16.2. The van der Waals surface area contributed by atoms with Crippen molar-refractivity contribution in [2.75, 3.05) is 11.9 Å². The molecule has 2 aromatic heterocycles. The van der Waals surface area contributed by atoms with Gasteiger partial charge in [-0.3, -0.25) is 4.57 Å². The number of hydrogen-bond donors (Lipinski definition) is 3. The summed E-state index contributed by atoms with van der Waals surface area (Å²) in [6.07, 6.45) is -0.516. The van der Waals surface area contributed by atoms with Crippen LogP contribution in [0.2, 0.25) is 5.02 Å². The molecule has 0 aliphatic heterocycles. The fourth-order valence-electron chi connectivity index (χ4n) is 3.78. The van der Waals surface area contributed by atoms with Crippen LogP contribution in [0.1, 0.15) is 24.8 Å². The van der Waals surface area contributed by atoms with Gasteiger partial charge in [0.1, 0.15) is 11.3 Å². The van der Waals surface area contributed by atoms with Gasteiger partial charge >= 0.3 is 12.1 Å². The van der Waals surface area contributed by atoms with Crippen LogP contribution < -0.4 is 21.5 Å². The fraction of sp³-hybridized carbons (Fsp3) is 0.421. The predicted molar refractivity (Wildman–Crippen MR) is 109 cm³/mol. The lowest BCUT2D eigenvalue weighted by Crippen LogP contribution is -2.21. The average Bonchev–Trinajstić information content (AvgIpc) is 3.24. The molecule has 1 aliphatic carbocycles. The molecule has 12 heteroatoms. The van der Waals surface area contributed by atoms with Crippen LogP contribution in [-0.2, 0) is 6.54 Å². The highest BCUT2D eigenvalue weighted by Gasteiger charge is 2.32. The lowest BCUT2D eigenvalue weighted by molar-refractivity contribution is -0.274. The summed E-state index contributed by atoms with van der Waals surface area (Å²) >= 11 is 5.95. The topological polar surface area (TPSA) is 111 Å². The highest BCUT2D eigenvalue weighted by molar-refractivity contribution is 6.30. The maximum atomic E-state index is 12.8. The van der Waals surface area contributed by atoms with Gasteiger partial charge in [-0.05, 0) is 43.4 Å². The zero-order chi connectivity index (χ0) is 22.2. The lowest BCUT2D eigenvalue weighted by Gasteiger charge is -2.14. The van der Waals surface area contributed by atoms with Gasteiger partial charge in [0.2, 0.25) is 5.95 Å². The predicted octanol–water partition coefficient (Wildman–Crippen LogP) is 3.26. The van der Waals surface area contributed by atoms with Gasteiger partial charge in [0.25, 0.3) is 0 Å². The maximum Gasteiger partial charge on any atom is 0.573 e. The summed E-state index contributed by atoms with van der Waals surface area (Å²) in [4.78, 5) is 23.6. The standard InChI is InChI=1S/C19H20ClF3N6O2/c20-12-2-4-15(31-19(21,22)23)11(6-12)9-29-16-14(27-18(29)30)8-26-17(28-16)25-7-10-1-3-13(24)5-10/h2,4,6,8,10,13H,1,3,5,7,9,24H2,(H,27,30)(H,25,26,28)/t10-,13+/m1/s1. The first-order chi connectivity index (χ1) is 14.7. The number of aromatic nitrogens is 4. The summed E-state index contributed by atoms with van der Waals surface area (Å²) in [7, 11) is 0. The lowest BCUT2D eigenvalue weighted by atomic mass is 10.1. The molecular weight excluding hydrogens is 437 g/mol. The van der Waals surface area contributed by atoms with Gasteiger partial charge in [0, 0.05) is 23.2 Å². The Kier molecular flexibility index (Phi) is 5.80. The van der Waals surface area contributed by atoms with E-state index in [1.807, 2.05) is 0 Å². The Balaban J connectivity index is 1.61. The summed E-state index contributed by atoms with van der Waals surface area (Å²) in [5.74, 6) is 0.290. The summed E-state index contributed by atoms with van der Waals surface area (Å²) in [6, 6.07) is 3.91. The number of anilines is 1. The molecule has 4 rings (SSSR count). The van der Waals surface area contributed by atoms with Crippen LogP contribution in [-0.4, -0.2) is 38.5 Å². The quantitative estimate of drug-likeness (QED) is 0.525. The smallest absolute Gasteiger partial charge is 0.405 e. The second-order valence-electron chi connectivity index (χ2n) is 7.57. The SMILES string of the molecule is N[C@H]1CC[C@@H](CNc2ncc3[nH]c(=O)n(Cc4cc(Cl)ccc4OC(F)(F)F)c3n2)C1. The van der Waals surface area contributed by atoms with Crippen molar-refractivity contribution in [2.24, 2.45) is 11.7 Å². The molecule has 0 amide bonds. The van der Waals surface area contributed by atoms with Gasteiger partial charge in [-0.1, -0.05) is 11.6 Å². The van der Waals surface area contributed by atoms with Crippen LogP contribution in [0.25, 0.3) is 11.2 Å². The van der Waals surface area contributed by atoms with Crippen molar-refractivity contribution in [3.05, 3.63) is 45.5 Å². The van der Waals surface area contributed by atoms with E-state index < -0.39 is 17.8 Å². The molecule has 1 saturated carbocycles. The summed E-state index contributed by atoms with van der Waals surface area (Å²) in [6.45, 7) is 0.421. The third-order valence-corrected chi connectivity index (χ3v) is 5.45. The van der Waals surface area contributed by atoms with Crippen LogP contribution >= 0.6 is 11.6 Å². The van der Waals surface area contributed by atoms with E-state index in [2.05, 4.69) is 25.0 Å². The van der Waals surface area contributed by atoms with E-state index in [1.165, 1.54) is 22.9 Å². The van der Waals surface area contributed by atoms with Crippen molar-refractivity contribution in [3.8, 4) is 5.75 Å². The first kappa shape index (κ1) is 21.4. The van der Waals surface area contributed by atoms with Crippen LogP contribution in [0, 0.1) is 5.92 Å². The van der Waals surface area contributed by atoms with Gasteiger partial charge in [-0.2, -0.15) is 4.98 Å². The number of nitrogens with two attached hydrogens (primary N) is 1. The zero-order valence-corrected chi connectivity index (χ0v) is 17.0. The van der Waals surface area contributed by atoms with Crippen molar-refractivity contribution < 1.29 is 17.9 Å². The summed E-state index contributed by atoms with van der Waals surface area (Å²) in [5, 5.41) is 3.36. The number of hydrogen-bond acceptors (Lipinski definition) is 6. The van der Waals surface area contributed by atoms with E-state index in [4.69, 9.17) is 17.3 Å². The molecule has 166 valence electrons. The Labute approximate surface area is 179 Å². The van der Waals surface area contributed by atoms with Gasteiger partial charge in [-0.15, -0.1) is 13.2 Å². The molecule has 31 heavy (non-hydrogen) atoms. The van der Waals surface area contributed by atoms with Crippen LogP contribution in [0.3, 0.4) is 0 Å². The van der Waals surface area contributed by atoms with Crippen LogP contribution in [0.5, 0.6) is 5.75 Å². The maximum absolute atomic E-state index is 12.8. The fourth-order valence-corrected chi connectivity index (χ4v) is 3.97. The minimum Gasteiger partial charge on any atom is -0.405 e. The number of benzene rings is 1. The molecular formula is C19H20ClF3N6O2. The van der Waals surface area contributed by atoms with Crippen molar-refractivity contribution >= 4 is 28.7 Å². The van der Waals surface area contributed by atoms with Crippen LogP contribution in [0.15, 0.2) is 29.2 Å². The summed E-state index contributed by atoms with van der Waals surface area (Å²) < 4.78 is 43.6. The van der Waals surface area contributed by atoms with Crippen LogP contribution in [0.4, 0.5) is 19.1 Å². The largest absolute Gasteiger partial charge is 0.573 e. The molecule has 0 bridgehead atoms. The first-order valence-corrected chi connectivity index (χ1v) is 10.0. The highest BCUT2D eigenvalue weighted by Crippen LogP contribution is 2.29. The molecule has 1 aromatic carbocycles. The molecule has 8 nitrogen and oxygen atoms in total. The molecule has 1 aliphatic rings. The summed E-state index contributed by atoms with van der Waals surface area (Å²) in [5.41, 5.74) is 6.09. The molecule has 3 aromatic rings. The average molecular weight is 457 g/mol. The van der Waals surface area contributed by atoms with E-state index in [0.717, 1.165) is 25.3 Å². The molecule has 2 atom stereocenters. The monoisotopic (exact) mass is 456 g/mol. The molecule has 1 fully saturated rings. The molecule has 0 radical (unpaired) electrons. The number of alkyl halides is 3. The number of ether oxygens (including phenoxy) is 1. The number of imidazole rings is 1. The van der Waals surface area contributed by atoms with Crippen molar-refractivity contribution in [1.29, 1.82) is 0 Å². The number of fused-ring (bicyclic) bond motifs is 1. The number of nitrogens with zero attached hydrogens (tertiary/aromatic N) is 3. The number of aromatic amines is 1. The van der Waals surface area contributed by atoms with Crippen molar-refractivity contribution in [1.82, 2.24) is 19.5 Å². The Hall–Kier alpha value is -2.79. The third-order valence-electron chi connectivity index (χ3n) is 5.22. The van der Waals surface area contributed by atoms with Gasteiger partial charge < -0.3 is 20.8 Å². The molecule has 2 heterocycles. The Morgan fingerprint density at radius 2 is 2.16 bits per heavy atom. The number of halogens is 4. The highest BCUT2D eigenvalue weighted by atomic mass is 35.5. The Morgan fingerprint density at radius 1 is 1.35 bits per heavy atom. The molecule has 0 unspecified atom stereocenters. The first-order valence-electron chi connectivity index (χ1n) is 9.67. The number of H-pyrrole nitrogens is 1. The van der Waals surface area contributed by atoms with Gasteiger partial charge in [-0.25, -0.2) is 9.78 Å². The van der Waals surface area contributed by atoms with Crippen molar-refractivity contribution in [3.63, 3.8) is 0 Å². The van der Waals surface area contributed by atoms with Crippen molar-refractivity contribution in [2.45, 2.75) is 38.2 Å². The van der Waals surface area contributed by atoms with Gasteiger partial charge in [0.15, 0.2) is 5.65 Å². The van der Waals surface area contributed by atoms with Gasteiger partial charge in [0.05, 0.1) is 12.7 Å². The Bertz CT molecular complexity index is 1150. The molecule has 4 N–H and O–H groups in total. The second kappa shape index (κ2) is 8.39. The van der Waals surface area contributed by atoms with E-state index in [1.54, 1.807) is 0 Å². The molecule has 0 spiro atoms. The van der Waals surface area contributed by atoms with E-state index in [9.17, 15) is 18.0 Å². The normalized spacial score (nSPS) is 19.1. The number of nitrogens with one attached hydrogen (secondary N) is 2. The van der Waals surface area contributed by atoms with E-state index in [-0.39, 0.29) is 28.8 Å². The third kappa shape index (κ3) is 5.10. The number of rotatable bonds is 6. The Morgan fingerprint density at radius 3 is 2.87 bits per heavy atom. The van der Waals surface area contributed by atoms with E-state index >= 15 is 0 Å². The minimum absolute atomic E-state index is 0.0842. The second-order valence-corrected chi connectivity index (χ2v) is 8.00. The van der Waals surface area contributed by atoms with E-state index in [0.29, 0.717) is 23.9 Å².